The third kappa shape index (κ3) is 2.05. The van der Waals surface area contributed by atoms with Crippen molar-refractivity contribution in [3.8, 4) is 0 Å². The summed E-state index contributed by atoms with van der Waals surface area (Å²) in [5.41, 5.74) is 2.77. The van der Waals surface area contributed by atoms with E-state index in [1.807, 2.05) is 12.4 Å². The van der Waals surface area contributed by atoms with Crippen LogP contribution in [0.25, 0.3) is 32.3 Å². The topological polar surface area (TPSA) is 12.9 Å². The van der Waals surface area contributed by atoms with Gasteiger partial charge in [0.05, 0.1) is 0 Å². The van der Waals surface area contributed by atoms with Crippen LogP contribution in [0, 0.1) is 0 Å². The molecule has 0 saturated heterocycles. The molecule has 0 unspecified atom stereocenters. The highest BCUT2D eigenvalue weighted by molar-refractivity contribution is 6.23. The van der Waals surface area contributed by atoms with Crippen molar-refractivity contribution in [2.24, 2.45) is 0 Å². The van der Waals surface area contributed by atoms with Crippen LogP contribution in [0.5, 0.6) is 0 Å². The molecule has 0 aliphatic rings. The van der Waals surface area contributed by atoms with Crippen LogP contribution in [0.3, 0.4) is 0 Å². The molecular formula is C23H17N. The summed E-state index contributed by atoms with van der Waals surface area (Å²) in [7, 11) is 0. The van der Waals surface area contributed by atoms with Crippen molar-refractivity contribution in [3.63, 3.8) is 0 Å². The Bertz CT molecular complexity index is 1130. The van der Waals surface area contributed by atoms with Crippen LogP contribution in [0.1, 0.15) is 11.1 Å². The Kier molecular flexibility index (Phi) is 2.99. The number of aromatic nitrogens is 1. The van der Waals surface area contributed by atoms with Crippen molar-refractivity contribution in [3.05, 3.63) is 90.3 Å². The van der Waals surface area contributed by atoms with Gasteiger partial charge in [-0.15, -0.1) is 0 Å². The average Bonchev–Trinajstić information content (AvgIpc) is 2.66. The van der Waals surface area contributed by atoms with Gasteiger partial charge in [0.1, 0.15) is 0 Å². The lowest BCUT2D eigenvalue weighted by atomic mass is 9.90. The van der Waals surface area contributed by atoms with Gasteiger partial charge in [0.2, 0.25) is 0 Å². The van der Waals surface area contributed by atoms with Crippen LogP contribution in [0.15, 0.2) is 79.1 Å². The van der Waals surface area contributed by atoms with Crippen LogP contribution in [-0.2, 0) is 12.8 Å². The Morgan fingerprint density at radius 2 is 1.25 bits per heavy atom. The largest absolute Gasteiger partial charge is 0.265 e. The van der Waals surface area contributed by atoms with Gasteiger partial charge < -0.3 is 0 Å². The Balaban J connectivity index is 1.69. The van der Waals surface area contributed by atoms with E-state index in [-0.39, 0.29) is 0 Å². The van der Waals surface area contributed by atoms with Gasteiger partial charge in [-0.1, -0.05) is 54.6 Å². The van der Waals surface area contributed by atoms with Crippen LogP contribution in [-0.4, -0.2) is 4.98 Å². The fourth-order valence-electron chi connectivity index (χ4n) is 3.84. The number of rotatable bonds is 3. The zero-order chi connectivity index (χ0) is 15.9. The Morgan fingerprint density at radius 3 is 2.04 bits per heavy atom. The van der Waals surface area contributed by atoms with Crippen LogP contribution in [0.4, 0.5) is 0 Å². The first-order valence-electron chi connectivity index (χ1n) is 8.44. The molecule has 0 aliphatic heterocycles. The summed E-state index contributed by atoms with van der Waals surface area (Å²) in [5.74, 6) is 0. The maximum Gasteiger partial charge on any atom is 0.0270 e. The fourth-order valence-corrected chi connectivity index (χ4v) is 3.84. The highest BCUT2D eigenvalue weighted by atomic mass is 14.6. The molecule has 0 N–H and O–H groups in total. The molecule has 1 heteroatoms. The lowest BCUT2D eigenvalue weighted by molar-refractivity contribution is 0.964. The van der Waals surface area contributed by atoms with E-state index in [9.17, 15) is 0 Å². The van der Waals surface area contributed by atoms with E-state index >= 15 is 0 Å². The van der Waals surface area contributed by atoms with Crippen molar-refractivity contribution >= 4 is 32.3 Å². The molecule has 0 aliphatic carbocycles. The molecule has 0 bridgehead atoms. The summed E-state index contributed by atoms with van der Waals surface area (Å²) < 4.78 is 0. The summed E-state index contributed by atoms with van der Waals surface area (Å²) >= 11 is 0. The van der Waals surface area contributed by atoms with E-state index < -0.39 is 0 Å². The predicted molar refractivity (Wildman–Crippen MR) is 102 cm³/mol. The number of aryl methyl sites for hydroxylation is 2. The fraction of sp³-hybridized carbons (Fsp3) is 0.0870. The van der Waals surface area contributed by atoms with Crippen molar-refractivity contribution in [1.29, 1.82) is 0 Å². The highest BCUT2D eigenvalue weighted by Crippen LogP contribution is 2.36. The smallest absolute Gasteiger partial charge is 0.0270 e. The van der Waals surface area contributed by atoms with Crippen molar-refractivity contribution < 1.29 is 0 Å². The quantitative estimate of drug-likeness (QED) is 0.386. The maximum absolute atomic E-state index is 4.11. The minimum absolute atomic E-state index is 1.05. The van der Waals surface area contributed by atoms with Gasteiger partial charge in [0, 0.05) is 12.4 Å². The minimum Gasteiger partial charge on any atom is -0.265 e. The summed E-state index contributed by atoms with van der Waals surface area (Å²) in [4.78, 5) is 4.11. The first kappa shape index (κ1) is 13.5. The Labute approximate surface area is 140 Å². The molecule has 1 heterocycles. The van der Waals surface area contributed by atoms with Crippen molar-refractivity contribution in [1.82, 2.24) is 4.98 Å². The molecule has 1 nitrogen and oxygen atoms in total. The predicted octanol–water partition coefficient (Wildman–Crippen LogP) is 5.76. The molecule has 0 fully saturated rings. The van der Waals surface area contributed by atoms with E-state index in [0.717, 1.165) is 12.8 Å². The van der Waals surface area contributed by atoms with E-state index in [0.29, 0.717) is 0 Å². The van der Waals surface area contributed by atoms with Crippen molar-refractivity contribution in [2.75, 3.05) is 0 Å². The molecule has 4 aromatic carbocycles. The Hall–Kier alpha value is -2.93. The van der Waals surface area contributed by atoms with Crippen LogP contribution < -0.4 is 0 Å². The van der Waals surface area contributed by atoms with Crippen molar-refractivity contribution in [2.45, 2.75) is 12.8 Å². The molecule has 0 saturated carbocycles. The van der Waals surface area contributed by atoms with Gasteiger partial charge in [0.25, 0.3) is 0 Å². The lowest BCUT2D eigenvalue weighted by Gasteiger charge is -2.14. The van der Waals surface area contributed by atoms with E-state index in [2.05, 4.69) is 71.7 Å². The summed E-state index contributed by atoms with van der Waals surface area (Å²) in [6.45, 7) is 0. The van der Waals surface area contributed by atoms with Crippen LogP contribution >= 0.6 is 0 Å². The number of hydrogen-bond acceptors (Lipinski definition) is 1. The van der Waals surface area contributed by atoms with Gasteiger partial charge in [0.15, 0.2) is 0 Å². The van der Waals surface area contributed by atoms with E-state index in [1.165, 1.54) is 43.4 Å². The van der Waals surface area contributed by atoms with Gasteiger partial charge >= 0.3 is 0 Å². The summed E-state index contributed by atoms with van der Waals surface area (Å²) in [5, 5.41) is 8.21. The zero-order valence-corrected chi connectivity index (χ0v) is 13.4. The molecule has 0 atom stereocenters. The monoisotopic (exact) mass is 307 g/mol. The van der Waals surface area contributed by atoms with Gasteiger partial charge in [-0.05, 0) is 68.4 Å². The molecule has 0 spiro atoms. The second-order valence-electron chi connectivity index (χ2n) is 6.44. The molecular weight excluding hydrogens is 290 g/mol. The first-order valence-corrected chi connectivity index (χ1v) is 8.44. The van der Waals surface area contributed by atoms with Gasteiger partial charge in [-0.3, -0.25) is 4.98 Å². The van der Waals surface area contributed by atoms with Gasteiger partial charge in [-0.2, -0.15) is 0 Å². The van der Waals surface area contributed by atoms with Crippen LogP contribution in [0.2, 0.25) is 0 Å². The average molecular weight is 307 g/mol. The van der Waals surface area contributed by atoms with E-state index in [4.69, 9.17) is 0 Å². The molecule has 5 rings (SSSR count). The molecule has 0 radical (unpaired) electrons. The maximum atomic E-state index is 4.11. The number of nitrogens with zero attached hydrogens (tertiary/aromatic N) is 1. The normalized spacial score (nSPS) is 11.7. The second kappa shape index (κ2) is 5.31. The van der Waals surface area contributed by atoms with E-state index in [1.54, 1.807) is 0 Å². The molecule has 5 aromatic rings. The third-order valence-corrected chi connectivity index (χ3v) is 5.05. The minimum atomic E-state index is 1.05. The standard InChI is InChI=1S/C23H17N/c1-2-18-8-9-20-7-6-17(5-4-16-12-14-24-15-13-16)21-11-10-19(3-1)22(18)23(20)21/h1-3,6-15H,4-5H2. The van der Waals surface area contributed by atoms with Gasteiger partial charge in [-0.25, -0.2) is 0 Å². The first-order chi connectivity index (χ1) is 11.9. The number of benzene rings is 4. The zero-order valence-electron chi connectivity index (χ0n) is 13.4. The molecule has 24 heavy (non-hydrogen) atoms. The summed E-state index contributed by atoms with van der Waals surface area (Å²) in [6.07, 6.45) is 5.85. The number of pyridine rings is 1. The summed E-state index contributed by atoms with van der Waals surface area (Å²) in [6, 6.07) is 24.4. The SMILES string of the molecule is c1cc2ccc3ccc(CCc4ccncc4)c4ccc(c1)c2c34. The molecule has 114 valence electrons. The Morgan fingerprint density at radius 1 is 0.583 bits per heavy atom. The molecule has 1 aromatic heterocycles. The molecule has 0 amide bonds. The lowest BCUT2D eigenvalue weighted by Crippen LogP contribution is -1.94. The highest BCUT2D eigenvalue weighted by Gasteiger charge is 2.10. The third-order valence-electron chi connectivity index (χ3n) is 5.05. The number of hydrogen-bond donors (Lipinski definition) is 0. The second-order valence-corrected chi connectivity index (χ2v) is 6.44.